The van der Waals surface area contributed by atoms with E-state index in [1.54, 1.807) is 11.8 Å². The van der Waals surface area contributed by atoms with Crippen LogP contribution in [0.1, 0.15) is 23.7 Å². The van der Waals surface area contributed by atoms with Gasteiger partial charge >= 0.3 is 0 Å². The zero-order valence-electron chi connectivity index (χ0n) is 9.77. The van der Waals surface area contributed by atoms with Crippen molar-refractivity contribution in [2.75, 3.05) is 18.9 Å². The highest BCUT2D eigenvalue weighted by Gasteiger charge is 2.18. The topological polar surface area (TPSA) is 35.2 Å². The number of ether oxygens (including phenoxy) is 1. The van der Waals surface area contributed by atoms with Gasteiger partial charge in [-0.15, -0.1) is 11.8 Å². The van der Waals surface area contributed by atoms with Crippen LogP contribution in [0.5, 0.6) is 0 Å². The molecular formula is C13H18FNOS. The summed E-state index contributed by atoms with van der Waals surface area (Å²) in [7, 11) is 0. The normalized spacial score (nSPS) is 21.6. The Labute approximate surface area is 106 Å². The number of hydrogen-bond donors (Lipinski definition) is 1. The molecule has 2 atom stereocenters. The van der Waals surface area contributed by atoms with Gasteiger partial charge in [-0.05, 0) is 30.5 Å². The minimum absolute atomic E-state index is 0.200. The molecule has 0 aromatic heterocycles. The Hall–Kier alpha value is -0.580. The van der Waals surface area contributed by atoms with E-state index in [9.17, 15) is 4.39 Å². The van der Waals surface area contributed by atoms with Crippen LogP contribution in [0.2, 0.25) is 0 Å². The van der Waals surface area contributed by atoms with Gasteiger partial charge in [0.2, 0.25) is 0 Å². The Morgan fingerprint density at radius 1 is 1.41 bits per heavy atom. The van der Waals surface area contributed by atoms with Crippen LogP contribution in [0.4, 0.5) is 4.39 Å². The second-order valence-electron chi connectivity index (χ2n) is 4.24. The van der Waals surface area contributed by atoms with Gasteiger partial charge in [0.05, 0.1) is 6.10 Å². The Balaban J connectivity index is 1.89. The molecule has 2 N–H and O–H groups in total. The Kier molecular flexibility index (Phi) is 4.83. The third-order valence-corrected chi connectivity index (χ3v) is 4.39. The molecule has 0 radical (unpaired) electrons. The van der Waals surface area contributed by atoms with Gasteiger partial charge in [-0.2, -0.15) is 0 Å². The van der Waals surface area contributed by atoms with Crippen LogP contribution in [-0.2, 0) is 4.74 Å². The monoisotopic (exact) mass is 255 g/mol. The summed E-state index contributed by atoms with van der Waals surface area (Å²) in [4.78, 5) is 0. The largest absolute Gasteiger partial charge is 0.377 e. The van der Waals surface area contributed by atoms with Gasteiger partial charge in [-0.25, -0.2) is 4.39 Å². The summed E-state index contributed by atoms with van der Waals surface area (Å²) in [6.45, 7) is 1.46. The molecule has 0 amide bonds. The summed E-state index contributed by atoms with van der Waals surface area (Å²) in [6, 6.07) is 6.61. The second-order valence-corrected chi connectivity index (χ2v) is 5.48. The summed E-state index contributed by atoms with van der Waals surface area (Å²) in [6.07, 6.45) is 2.68. The Morgan fingerprint density at radius 2 is 2.18 bits per heavy atom. The summed E-state index contributed by atoms with van der Waals surface area (Å²) in [5, 5.41) is 0.236. The van der Waals surface area contributed by atoms with Gasteiger partial charge in [-0.1, -0.05) is 12.1 Å². The number of benzene rings is 1. The fourth-order valence-electron chi connectivity index (χ4n) is 1.98. The SMILES string of the molecule is NCC(SCC1CCCO1)c1ccc(F)cc1. The van der Waals surface area contributed by atoms with E-state index in [-0.39, 0.29) is 11.1 Å². The van der Waals surface area contributed by atoms with E-state index in [1.165, 1.54) is 12.1 Å². The summed E-state index contributed by atoms with van der Waals surface area (Å²) >= 11 is 1.81. The average molecular weight is 255 g/mol. The lowest BCUT2D eigenvalue weighted by molar-refractivity contribution is 0.129. The van der Waals surface area contributed by atoms with Gasteiger partial charge in [0.1, 0.15) is 5.82 Å². The van der Waals surface area contributed by atoms with E-state index in [2.05, 4.69) is 0 Å². The number of thioether (sulfide) groups is 1. The van der Waals surface area contributed by atoms with E-state index < -0.39 is 0 Å². The zero-order chi connectivity index (χ0) is 12.1. The Morgan fingerprint density at radius 3 is 2.76 bits per heavy atom. The minimum atomic E-state index is -0.200. The van der Waals surface area contributed by atoms with E-state index in [1.807, 2.05) is 12.1 Å². The molecule has 1 fully saturated rings. The van der Waals surface area contributed by atoms with Crippen molar-refractivity contribution < 1.29 is 9.13 Å². The maximum absolute atomic E-state index is 12.8. The van der Waals surface area contributed by atoms with E-state index in [0.717, 1.165) is 30.8 Å². The molecule has 2 rings (SSSR count). The molecule has 4 heteroatoms. The molecule has 2 unspecified atom stereocenters. The number of halogens is 1. The van der Waals surface area contributed by atoms with Gasteiger partial charge in [-0.3, -0.25) is 0 Å². The average Bonchev–Trinajstić information content (AvgIpc) is 2.85. The van der Waals surface area contributed by atoms with E-state index in [4.69, 9.17) is 10.5 Å². The molecule has 2 nitrogen and oxygen atoms in total. The predicted molar refractivity (Wildman–Crippen MR) is 69.6 cm³/mol. The lowest BCUT2D eigenvalue weighted by atomic mass is 10.1. The molecule has 0 bridgehead atoms. The van der Waals surface area contributed by atoms with Crippen molar-refractivity contribution in [3.63, 3.8) is 0 Å². The first-order valence-corrected chi connectivity index (χ1v) is 7.03. The number of hydrogen-bond acceptors (Lipinski definition) is 3. The molecule has 1 aliphatic rings. The predicted octanol–water partition coefficient (Wildman–Crippen LogP) is 2.74. The van der Waals surface area contributed by atoms with Crippen LogP contribution in [-0.4, -0.2) is 25.0 Å². The third kappa shape index (κ3) is 3.69. The highest BCUT2D eigenvalue weighted by Crippen LogP contribution is 2.30. The third-order valence-electron chi connectivity index (χ3n) is 2.96. The van der Waals surface area contributed by atoms with Crippen LogP contribution >= 0.6 is 11.8 Å². The summed E-state index contributed by atoms with van der Waals surface area (Å²) in [5.74, 6) is 0.771. The quantitative estimate of drug-likeness (QED) is 0.878. The lowest BCUT2D eigenvalue weighted by Crippen LogP contribution is -2.14. The first kappa shape index (κ1) is 12.9. The molecular weight excluding hydrogens is 237 g/mol. The molecule has 1 saturated heterocycles. The van der Waals surface area contributed by atoms with Crippen LogP contribution in [0.25, 0.3) is 0 Å². The van der Waals surface area contributed by atoms with Crippen LogP contribution in [0.3, 0.4) is 0 Å². The molecule has 0 aliphatic carbocycles. The lowest BCUT2D eigenvalue weighted by Gasteiger charge is -2.17. The summed E-state index contributed by atoms with van der Waals surface area (Å²) < 4.78 is 18.4. The van der Waals surface area contributed by atoms with Crippen LogP contribution in [0, 0.1) is 5.82 Å². The summed E-state index contributed by atoms with van der Waals surface area (Å²) in [5.41, 5.74) is 6.87. The van der Waals surface area contributed by atoms with Crippen molar-refractivity contribution in [3.8, 4) is 0 Å². The van der Waals surface area contributed by atoms with Gasteiger partial charge < -0.3 is 10.5 Å². The maximum Gasteiger partial charge on any atom is 0.123 e. The van der Waals surface area contributed by atoms with E-state index in [0.29, 0.717) is 12.6 Å². The molecule has 1 aliphatic heterocycles. The van der Waals surface area contributed by atoms with Crippen molar-refractivity contribution >= 4 is 11.8 Å². The molecule has 1 aromatic carbocycles. The van der Waals surface area contributed by atoms with Crippen molar-refractivity contribution in [1.29, 1.82) is 0 Å². The first-order valence-electron chi connectivity index (χ1n) is 5.98. The fraction of sp³-hybridized carbons (Fsp3) is 0.538. The smallest absolute Gasteiger partial charge is 0.123 e. The minimum Gasteiger partial charge on any atom is -0.377 e. The molecule has 1 heterocycles. The highest BCUT2D eigenvalue weighted by molar-refractivity contribution is 7.99. The van der Waals surface area contributed by atoms with Crippen molar-refractivity contribution in [1.82, 2.24) is 0 Å². The van der Waals surface area contributed by atoms with E-state index >= 15 is 0 Å². The molecule has 0 saturated carbocycles. The molecule has 17 heavy (non-hydrogen) atoms. The van der Waals surface area contributed by atoms with Crippen LogP contribution in [0.15, 0.2) is 24.3 Å². The second kappa shape index (κ2) is 6.38. The van der Waals surface area contributed by atoms with Crippen molar-refractivity contribution in [2.45, 2.75) is 24.2 Å². The molecule has 0 spiro atoms. The maximum atomic E-state index is 12.8. The number of rotatable bonds is 5. The molecule has 94 valence electrons. The standard InChI is InChI=1S/C13H18FNOS/c14-11-5-3-10(4-6-11)13(8-15)17-9-12-2-1-7-16-12/h3-6,12-13H,1-2,7-9,15H2. The van der Waals surface area contributed by atoms with Crippen molar-refractivity contribution in [2.24, 2.45) is 5.73 Å². The number of nitrogens with two attached hydrogens (primary N) is 1. The first-order chi connectivity index (χ1) is 8.29. The van der Waals surface area contributed by atoms with Crippen molar-refractivity contribution in [3.05, 3.63) is 35.6 Å². The zero-order valence-corrected chi connectivity index (χ0v) is 10.6. The van der Waals surface area contributed by atoms with Gasteiger partial charge in [0, 0.05) is 24.2 Å². The highest BCUT2D eigenvalue weighted by atomic mass is 32.2. The van der Waals surface area contributed by atoms with Gasteiger partial charge in [0.15, 0.2) is 0 Å². The Bertz CT molecular complexity index is 338. The molecule has 1 aromatic rings. The fourth-order valence-corrected chi connectivity index (χ4v) is 3.17. The van der Waals surface area contributed by atoms with Gasteiger partial charge in [0.25, 0.3) is 0 Å². The van der Waals surface area contributed by atoms with Crippen LogP contribution < -0.4 is 5.73 Å².